The van der Waals surface area contributed by atoms with Gasteiger partial charge in [-0.1, -0.05) is 24.3 Å². The van der Waals surface area contributed by atoms with Crippen LogP contribution in [0.25, 0.3) is 0 Å². The topological polar surface area (TPSA) is 148 Å². The number of rotatable bonds is 5. The van der Waals surface area contributed by atoms with Crippen molar-refractivity contribution in [3.63, 3.8) is 0 Å². The molecule has 1 saturated heterocycles. The number of hydrogen-bond acceptors (Lipinski definition) is 7. The number of benzene rings is 2. The Hall–Kier alpha value is -3.41. The molecule has 0 aliphatic carbocycles. The third kappa shape index (κ3) is 4.42. The van der Waals surface area contributed by atoms with E-state index in [0.29, 0.717) is 23.5 Å². The van der Waals surface area contributed by atoms with Crippen LogP contribution >= 0.6 is 10.6 Å². The molecule has 0 unspecified atom stereocenters. The molecular weight excluding hydrogens is 448 g/mol. The van der Waals surface area contributed by atoms with Crippen molar-refractivity contribution in [3.8, 4) is 0 Å². The van der Waals surface area contributed by atoms with E-state index in [-0.39, 0.29) is 12.3 Å². The van der Waals surface area contributed by atoms with E-state index >= 15 is 0 Å². The van der Waals surface area contributed by atoms with Crippen LogP contribution in [-0.4, -0.2) is 51.7 Å². The summed E-state index contributed by atoms with van der Waals surface area (Å²) in [7, 11) is -2.79. The molecule has 2 aliphatic rings. The molecule has 0 bridgehead atoms. The van der Waals surface area contributed by atoms with Crippen molar-refractivity contribution in [2.24, 2.45) is 5.41 Å². The van der Waals surface area contributed by atoms with Crippen LogP contribution in [0.5, 0.6) is 0 Å². The molecule has 0 radical (unpaired) electrons. The SMILES string of the molecule is CC1(CNC(=O)c2ccc(CN3CCS(O)(O)c4ccccc43)cc2)C(=O)NC(=O)NC1=O. The molecule has 174 valence electrons. The second-order valence-corrected chi connectivity index (χ2v) is 10.4. The minimum Gasteiger partial charge on any atom is -0.364 e. The molecule has 2 heterocycles. The minimum atomic E-state index is -2.79. The van der Waals surface area contributed by atoms with Gasteiger partial charge in [0.05, 0.1) is 16.3 Å². The highest BCUT2D eigenvalue weighted by Crippen LogP contribution is 2.55. The number of urea groups is 1. The first-order valence-corrected chi connectivity index (χ1v) is 12.0. The monoisotopic (exact) mass is 472 g/mol. The van der Waals surface area contributed by atoms with Crippen molar-refractivity contribution in [1.82, 2.24) is 16.0 Å². The fourth-order valence-corrected chi connectivity index (χ4v) is 5.27. The molecule has 5 N–H and O–H groups in total. The molecule has 1 fully saturated rings. The van der Waals surface area contributed by atoms with E-state index in [9.17, 15) is 28.3 Å². The summed E-state index contributed by atoms with van der Waals surface area (Å²) in [5.41, 5.74) is 0.461. The van der Waals surface area contributed by atoms with Gasteiger partial charge in [-0.05, 0) is 36.8 Å². The fraction of sp³-hybridized carbons (Fsp3) is 0.273. The van der Waals surface area contributed by atoms with Gasteiger partial charge in [-0.15, -0.1) is 0 Å². The zero-order valence-corrected chi connectivity index (χ0v) is 18.6. The summed E-state index contributed by atoms with van der Waals surface area (Å²) in [6.45, 7) is 2.10. The molecule has 11 heteroatoms. The highest BCUT2D eigenvalue weighted by molar-refractivity contribution is 8.24. The smallest absolute Gasteiger partial charge is 0.328 e. The van der Waals surface area contributed by atoms with Crippen LogP contribution < -0.4 is 20.9 Å². The van der Waals surface area contributed by atoms with Gasteiger partial charge in [0.25, 0.3) is 5.91 Å². The first-order chi connectivity index (χ1) is 15.6. The average molecular weight is 473 g/mol. The number of nitrogens with one attached hydrogen (secondary N) is 3. The van der Waals surface area contributed by atoms with Gasteiger partial charge in [-0.25, -0.2) is 4.79 Å². The Morgan fingerprint density at radius 2 is 1.70 bits per heavy atom. The molecule has 0 saturated carbocycles. The highest BCUT2D eigenvalue weighted by atomic mass is 32.3. The normalized spacial score (nSPS) is 19.7. The Balaban J connectivity index is 1.41. The van der Waals surface area contributed by atoms with E-state index < -0.39 is 39.8 Å². The summed E-state index contributed by atoms with van der Waals surface area (Å²) in [6, 6.07) is 13.2. The van der Waals surface area contributed by atoms with Crippen molar-refractivity contribution in [3.05, 3.63) is 59.7 Å². The first kappa shape index (κ1) is 22.8. The summed E-state index contributed by atoms with van der Waals surface area (Å²) >= 11 is 0. The molecule has 33 heavy (non-hydrogen) atoms. The number of barbiturate groups is 1. The van der Waals surface area contributed by atoms with Gasteiger partial charge in [-0.3, -0.25) is 34.1 Å². The van der Waals surface area contributed by atoms with Gasteiger partial charge in [0, 0.05) is 25.2 Å². The van der Waals surface area contributed by atoms with Crippen molar-refractivity contribution in [2.45, 2.75) is 18.4 Å². The standard InChI is InChI=1S/C22H24N4O6S/c1-22(19(28)24-21(30)25-20(22)29)13-23-18(27)15-8-6-14(7-9-15)12-26-10-11-33(31,32)17-5-3-2-4-16(17)26/h2-9,31-32H,10-13H2,1H3,(H,23,27)(H2,24,25,28,29,30). The molecule has 2 aromatic rings. The lowest BCUT2D eigenvalue weighted by Crippen LogP contribution is -2.64. The van der Waals surface area contributed by atoms with Crippen LogP contribution in [0.15, 0.2) is 53.4 Å². The summed E-state index contributed by atoms with van der Waals surface area (Å²) in [5.74, 6) is -1.75. The van der Waals surface area contributed by atoms with Gasteiger partial charge in [0.2, 0.25) is 11.8 Å². The highest BCUT2D eigenvalue weighted by Gasteiger charge is 2.46. The number of carbonyl (C=O) groups is 4. The van der Waals surface area contributed by atoms with E-state index in [0.717, 1.165) is 11.3 Å². The van der Waals surface area contributed by atoms with Crippen LogP contribution in [0, 0.1) is 5.41 Å². The lowest BCUT2D eigenvalue weighted by molar-refractivity contribution is -0.142. The van der Waals surface area contributed by atoms with Gasteiger partial charge in [0.15, 0.2) is 0 Å². The van der Waals surface area contributed by atoms with Crippen LogP contribution in [0.4, 0.5) is 10.5 Å². The number of para-hydroxylation sites is 1. The van der Waals surface area contributed by atoms with E-state index in [1.807, 2.05) is 22.8 Å². The van der Waals surface area contributed by atoms with Gasteiger partial charge in [-0.2, -0.15) is 10.6 Å². The summed E-state index contributed by atoms with van der Waals surface area (Å²) in [5, 5.41) is 6.63. The van der Waals surface area contributed by atoms with E-state index in [4.69, 9.17) is 0 Å². The third-order valence-electron chi connectivity index (χ3n) is 5.85. The molecule has 0 aromatic heterocycles. The lowest BCUT2D eigenvalue weighted by Gasteiger charge is -2.43. The van der Waals surface area contributed by atoms with Crippen LogP contribution in [0.2, 0.25) is 0 Å². The van der Waals surface area contributed by atoms with Crippen molar-refractivity contribution < 1.29 is 28.3 Å². The summed E-state index contributed by atoms with van der Waals surface area (Å²) in [6.07, 6.45) is 0. The zero-order valence-electron chi connectivity index (χ0n) is 17.8. The second kappa shape index (κ2) is 8.50. The maximum atomic E-state index is 12.5. The molecule has 2 aliphatic heterocycles. The first-order valence-electron chi connectivity index (χ1n) is 10.2. The van der Waals surface area contributed by atoms with Crippen molar-refractivity contribution in [1.29, 1.82) is 0 Å². The maximum Gasteiger partial charge on any atom is 0.328 e. The van der Waals surface area contributed by atoms with Crippen molar-refractivity contribution in [2.75, 3.05) is 23.7 Å². The summed E-state index contributed by atoms with van der Waals surface area (Å²) < 4.78 is 20.6. The number of hydrogen-bond donors (Lipinski definition) is 5. The van der Waals surface area contributed by atoms with Gasteiger partial charge >= 0.3 is 6.03 Å². The Morgan fingerprint density at radius 1 is 1.06 bits per heavy atom. The zero-order chi connectivity index (χ0) is 23.8. The summed E-state index contributed by atoms with van der Waals surface area (Å²) in [4.78, 5) is 50.5. The quantitative estimate of drug-likeness (QED) is 0.418. The van der Waals surface area contributed by atoms with Crippen LogP contribution in [0.3, 0.4) is 0 Å². The molecule has 2 aromatic carbocycles. The molecule has 4 rings (SSSR count). The average Bonchev–Trinajstić information content (AvgIpc) is 2.78. The number of anilines is 1. The largest absolute Gasteiger partial charge is 0.364 e. The number of nitrogens with zero attached hydrogens (tertiary/aromatic N) is 1. The molecule has 0 atom stereocenters. The predicted molar refractivity (Wildman–Crippen MR) is 122 cm³/mol. The Kier molecular flexibility index (Phi) is 5.87. The predicted octanol–water partition coefficient (Wildman–Crippen LogP) is 1.92. The molecular formula is C22H24N4O6S. The van der Waals surface area contributed by atoms with Gasteiger partial charge in [0.1, 0.15) is 5.41 Å². The minimum absolute atomic E-state index is 0.260. The Labute approximate surface area is 191 Å². The molecule has 5 amide bonds. The third-order valence-corrected chi connectivity index (χ3v) is 7.65. The van der Waals surface area contributed by atoms with Crippen LogP contribution in [0.1, 0.15) is 22.8 Å². The van der Waals surface area contributed by atoms with Crippen molar-refractivity contribution >= 4 is 40.0 Å². The fourth-order valence-electron chi connectivity index (χ4n) is 3.75. The lowest BCUT2D eigenvalue weighted by atomic mass is 9.86. The number of amides is 5. The second-order valence-electron chi connectivity index (χ2n) is 8.21. The molecule has 10 nitrogen and oxygen atoms in total. The maximum absolute atomic E-state index is 12.5. The van der Waals surface area contributed by atoms with E-state index in [1.165, 1.54) is 6.92 Å². The number of imide groups is 2. The van der Waals surface area contributed by atoms with E-state index in [2.05, 4.69) is 10.2 Å². The number of fused-ring (bicyclic) bond motifs is 1. The number of carbonyl (C=O) groups excluding carboxylic acids is 4. The molecule has 0 spiro atoms. The van der Waals surface area contributed by atoms with Crippen LogP contribution in [-0.2, 0) is 16.1 Å². The van der Waals surface area contributed by atoms with Gasteiger partial charge < -0.3 is 10.2 Å². The van der Waals surface area contributed by atoms with E-state index in [1.54, 1.807) is 36.4 Å². The Bertz CT molecular complexity index is 1110. The Morgan fingerprint density at radius 3 is 2.36 bits per heavy atom.